The maximum atomic E-state index is 1.60. The largest absolute Gasteiger partial charge is 0.0533 e. The molecule has 0 bridgehead atoms. The third kappa shape index (κ3) is 13.1. The van der Waals surface area contributed by atoms with E-state index in [9.17, 15) is 0 Å². The van der Waals surface area contributed by atoms with E-state index in [0.29, 0.717) is 0 Å². The van der Waals surface area contributed by atoms with E-state index < -0.39 is 0 Å². The Morgan fingerprint density at radius 2 is 0.367 bits per heavy atom. The van der Waals surface area contributed by atoms with Crippen LogP contribution in [0.15, 0.2) is 0 Å². The summed E-state index contributed by atoms with van der Waals surface area (Å²) in [5.74, 6) is 10.8. The van der Waals surface area contributed by atoms with Gasteiger partial charge in [0.25, 0.3) is 0 Å². The van der Waals surface area contributed by atoms with Crippen molar-refractivity contribution in [1.82, 2.24) is 0 Å². The second kappa shape index (κ2) is 22.3. The van der Waals surface area contributed by atoms with Gasteiger partial charge in [-0.25, -0.2) is 0 Å². The highest BCUT2D eigenvalue weighted by Gasteiger charge is 2.32. The highest BCUT2D eigenvalue weighted by molar-refractivity contribution is 4.83. The van der Waals surface area contributed by atoms with E-state index >= 15 is 0 Å². The van der Waals surface area contributed by atoms with E-state index in [0.717, 1.165) is 59.2 Å². The summed E-state index contributed by atoms with van der Waals surface area (Å²) in [4.78, 5) is 0. The second-order valence-electron chi connectivity index (χ2n) is 20.2. The predicted octanol–water partition coefficient (Wildman–Crippen LogP) is 16.4. The van der Waals surface area contributed by atoms with Gasteiger partial charge in [-0.1, -0.05) is 231 Å². The van der Waals surface area contributed by atoms with Crippen LogP contribution < -0.4 is 0 Å². The summed E-state index contributed by atoms with van der Waals surface area (Å²) in [6.07, 6.45) is 61.0. The Bertz CT molecular complexity index is 817. The van der Waals surface area contributed by atoms with Crippen molar-refractivity contribution in [2.24, 2.45) is 59.2 Å². The van der Waals surface area contributed by atoms with Crippen molar-refractivity contribution in [2.75, 3.05) is 0 Å². The molecule has 0 aliphatic heterocycles. The van der Waals surface area contributed by atoms with Crippen LogP contribution in [0, 0.1) is 59.2 Å². The van der Waals surface area contributed by atoms with Gasteiger partial charge in [-0.05, 0) is 78.4 Å². The molecule has 0 heterocycles. The molecule has 6 unspecified atom stereocenters. The van der Waals surface area contributed by atoms with E-state index in [1.54, 1.807) is 186 Å². The molecule has 6 atom stereocenters. The molecule has 0 heteroatoms. The Balaban J connectivity index is 0.867. The van der Waals surface area contributed by atoms with Gasteiger partial charge in [0.2, 0.25) is 0 Å². The molecule has 6 aliphatic rings. The zero-order valence-corrected chi connectivity index (χ0v) is 33.4. The lowest BCUT2D eigenvalue weighted by atomic mass is 9.75. The molecular weight excluding hydrogens is 589 g/mol. The van der Waals surface area contributed by atoms with Gasteiger partial charge in [0.05, 0.1) is 0 Å². The maximum absolute atomic E-state index is 1.60. The summed E-state index contributed by atoms with van der Waals surface area (Å²) in [7, 11) is 0. The first-order valence-corrected chi connectivity index (χ1v) is 24.3. The van der Waals surface area contributed by atoms with Crippen LogP contribution in [0.3, 0.4) is 0 Å². The first-order chi connectivity index (χ1) is 24.3. The lowest BCUT2D eigenvalue weighted by molar-refractivity contribution is 0.205. The van der Waals surface area contributed by atoms with Crippen LogP contribution in [0.4, 0.5) is 0 Å². The predicted molar refractivity (Wildman–Crippen MR) is 215 cm³/mol. The molecule has 0 spiro atoms. The maximum Gasteiger partial charge on any atom is -0.0386 e. The van der Waals surface area contributed by atoms with Crippen molar-refractivity contribution in [3.8, 4) is 0 Å². The van der Waals surface area contributed by atoms with Gasteiger partial charge in [-0.3, -0.25) is 0 Å². The van der Waals surface area contributed by atoms with Gasteiger partial charge in [0.15, 0.2) is 0 Å². The van der Waals surface area contributed by atoms with Gasteiger partial charge in [0.1, 0.15) is 0 Å². The van der Waals surface area contributed by atoms with Gasteiger partial charge in [-0.15, -0.1) is 0 Å². The Morgan fingerprint density at radius 3 is 0.714 bits per heavy atom. The van der Waals surface area contributed by atoms with Crippen molar-refractivity contribution in [3.63, 3.8) is 0 Å². The van der Waals surface area contributed by atoms with E-state index in [4.69, 9.17) is 0 Å². The molecule has 0 saturated heterocycles. The van der Waals surface area contributed by atoms with Gasteiger partial charge in [0, 0.05) is 0 Å². The molecule has 0 aromatic heterocycles. The van der Waals surface area contributed by atoms with Gasteiger partial charge in [-0.2, -0.15) is 0 Å². The van der Waals surface area contributed by atoms with Crippen LogP contribution in [0.5, 0.6) is 0 Å². The van der Waals surface area contributed by atoms with Crippen LogP contribution in [0.25, 0.3) is 0 Å². The fraction of sp³-hybridized carbons (Fsp3) is 1.00. The minimum Gasteiger partial charge on any atom is -0.0533 e. The van der Waals surface area contributed by atoms with Crippen LogP contribution in [-0.4, -0.2) is 0 Å². The lowest BCUT2D eigenvalue weighted by Gasteiger charge is -2.31. The molecule has 0 N–H and O–H groups in total. The normalized spacial score (nSPS) is 38.4. The van der Waals surface area contributed by atoms with Gasteiger partial charge < -0.3 is 0 Å². The molecule has 6 fully saturated rings. The van der Waals surface area contributed by atoms with E-state index in [1.165, 1.54) is 64.2 Å². The monoisotopic (exact) mass is 677 g/mol. The smallest absolute Gasteiger partial charge is 0.0386 e. The third-order valence-electron chi connectivity index (χ3n) is 17.1. The third-order valence-corrected chi connectivity index (χ3v) is 17.1. The lowest BCUT2D eigenvalue weighted by Crippen LogP contribution is -2.19. The molecule has 0 amide bonds. The van der Waals surface area contributed by atoms with E-state index in [-0.39, 0.29) is 0 Å². The Hall–Kier alpha value is 0. The van der Waals surface area contributed by atoms with Crippen LogP contribution in [0.1, 0.15) is 250 Å². The molecule has 6 rings (SSSR count). The summed E-state index contributed by atoms with van der Waals surface area (Å²) in [6, 6.07) is 0. The summed E-state index contributed by atoms with van der Waals surface area (Å²) >= 11 is 0. The summed E-state index contributed by atoms with van der Waals surface area (Å²) < 4.78 is 0. The molecule has 0 aromatic rings. The van der Waals surface area contributed by atoms with E-state index in [2.05, 4.69) is 0 Å². The zero-order valence-electron chi connectivity index (χ0n) is 33.4. The average Bonchev–Trinajstić information content (AvgIpc) is 3.40. The van der Waals surface area contributed by atoms with Crippen LogP contribution in [0.2, 0.25) is 0 Å². The molecule has 284 valence electrons. The quantitative estimate of drug-likeness (QED) is 0.235. The second-order valence-corrected chi connectivity index (χ2v) is 20.2. The highest BCUT2D eigenvalue weighted by Crippen LogP contribution is 2.44. The molecule has 49 heavy (non-hydrogen) atoms. The number of rotatable bonds is 7. The molecule has 6 saturated carbocycles. The van der Waals surface area contributed by atoms with Crippen molar-refractivity contribution < 1.29 is 0 Å². The first kappa shape index (κ1) is 38.7. The minimum atomic E-state index is 1.07. The standard InChI is InChI=1S/C49H88/c1-3-7-21-42(22-8-4-1)44-25-11-12-26-45(31-16-30-44)47-29-15-20-41(36-37-47)35-34-40-18-13-27-46(28-14-19-40)49-33-17-32-48(38-39-49)43-23-9-5-2-6-10-24-43/h40-49H,1-39H2. The van der Waals surface area contributed by atoms with Crippen molar-refractivity contribution >= 4 is 0 Å². The molecule has 0 radical (unpaired) electrons. The molecule has 0 nitrogen and oxygen atoms in total. The topological polar surface area (TPSA) is 0 Å². The number of hydrogen-bond acceptors (Lipinski definition) is 0. The first-order valence-electron chi connectivity index (χ1n) is 24.3. The van der Waals surface area contributed by atoms with Crippen molar-refractivity contribution in [1.29, 1.82) is 0 Å². The fourth-order valence-electron chi connectivity index (χ4n) is 13.9. The fourth-order valence-corrected chi connectivity index (χ4v) is 13.9. The minimum absolute atomic E-state index is 1.07. The average molecular weight is 677 g/mol. The summed E-state index contributed by atoms with van der Waals surface area (Å²) in [6.45, 7) is 0. The SMILES string of the molecule is C1CCCC(C2CCCCC(C3CCCC(CCC4CCCC(C5CCCC(C6CCCCCCC6)CC5)CCC4)CC3)CCC2)CCC1. The summed E-state index contributed by atoms with van der Waals surface area (Å²) in [5, 5.41) is 0. The van der Waals surface area contributed by atoms with Crippen LogP contribution in [-0.2, 0) is 0 Å². The summed E-state index contributed by atoms with van der Waals surface area (Å²) in [5.41, 5.74) is 0. The Labute approximate surface area is 308 Å². The van der Waals surface area contributed by atoms with Crippen molar-refractivity contribution in [3.05, 3.63) is 0 Å². The highest BCUT2D eigenvalue weighted by atomic mass is 14.4. The Morgan fingerprint density at radius 1 is 0.163 bits per heavy atom. The number of hydrogen-bond donors (Lipinski definition) is 0. The Kier molecular flexibility index (Phi) is 17.6. The van der Waals surface area contributed by atoms with Crippen molar-refractivity contribution in [2.45, 2.75) is 250 Å². The van der Waals surface area contributed by atoms with Gasteiger partial charge >= 0.3 is 0 Å². The zero-order chi connectivity index (χ0) is 33.4. The van der Waals surface area contributed by atoms with Crippen LogP contribution >= 0.6 is 0 Å². The molecule has 6 aliphatic carbocycles. The van der Waals surface area contributed by atoms with E-state index in [1.807, 2.05) is 0 Å². The molecular formula is C49H88. The molecule has 0 aromatic carbocycles.